The molecular formula is C14H20N2O4S. The predicted octanol–water partition coefficient (Wildman–Crippen LogP) is 2.22. The van der Waals surface area contributed by atoms with Gasteiger partial charge in [0.1, 0.15) is 5.00 Å². The number of amides is 2. The Labute approximate surface area is 127 Å². The molecule has 0 fully saturated rings. The molecule has 7 heteroatoms. The normalized spacial score (nSPS) is 14.4. The Morgan fingerprint density at radius 1 is 1.29 bits per heavy atom. The molecule has 0 atom stereocenters. The molecular weight excluding hydrogens is 292 g/mol. The number of fused-ring (bicyclic) bond motifs is 1. The van der Waals surface area contributed by atoms with Crippen molar-refractivity contribution in [2.45, 2.75) is 45.1 Å². The lowest BCUT2D eigenvalue weighted by Crippen LogP contribution is -2.46. The van der Waals surface area contributed by atoms with Crippen LogP contribution in [0.3, 0.4) is 0 Å². The van der Waals surface area contributed by atoms with E-state index in [2.05, 4.69) is 10.6 Å². The molecule has 2 amide bonds. The van der Waals surface area contributed by atoms with E-state index in [1.807, 2.05) is 0 Å². The van der Waals surface area contributed by atoms with E-state index < -0.39 is 11.6 Å². The second-order valence-electron chi connectivity index (χ2n) is 5.84. The number of aryl methyl sites for hydroxylation is 1. The van der Waals surface area contributed by atoms with Crippen LogP contribution in [0.25, 0.3) is 0 Å². The van der Waals surface area contributed by atoms with Gasteiger partial charge in [-0.2, -0.15) is 0 Å². The first-order valence-electron chi connectivity index (χ1n) is 6.92. The topological polar surface area (TPSA) is 98.7 Å². The Morgan fingerprint density at radius 2 is 1.95 bits per heavy atom. The first-order chi connectivity index (χ1) is 9.84. The maximum absolute atomic E-state index is 12.5. The number of carbonyl (C=O) groups is 2. The lowest BCUT2D eigenvalue weighted by Gasteiger charge is -2.24. The highest BCUT2D eigenvalue weighted by molar-refractivity contribution is 7.17. The number of carbonyl (C=O) groups excluding carboxylic acids is 1. The summed E-state index contributed by atoms with van der Waals surface area (Å²) < 4.78 is 0. The van der Waals surface area contributed by atoms with Crippen LogP contribution in [-0.4, -0.2) is 34.4 Å². The number of anilines is 1. The summed E-state index contributed by atoms with van der Waals surface area (Å²) in [7, 11) is 0. The lowest BCUT2D eigenvalue weighted by molar-refractivity contribution is 0.0869. The van der Waals surface area contributed by atoms with Crippen LogP contribution in [0.4, 0.5) is 9.80 Å². The number of aliphatic hydroxyl groups is 1. The van der Waals surface area contributed by atoms with Gasteiger partial charge in [0.2, 0.25) is 0 Å². The number of hydrogen-bond donors (Lipinski definition) is 4. The molecule has 1 aromatic rings. The SMILES string of the molecule is CC(C)(CO)NC(=O)c1c(NC(=O)O)sc2c1CCCC2. The maximum Gasteiger partial charge on any atom is 0.409 e. The van der Waals surface area contributed by atoms with Crippen molar-refractivity contribution in [2.75, 3.05) is 11.9 Å². The number of rotatable bonds is 4. The molecule has 0 saturated carbocycles. The van der Waals surface area contributed by atoms with Crippen LogP contribution in [0.1, 0.15) is 47.5 Å². The van der Waals surface area contributed by atoms with E-state index in [9.17, 15) is 14.7 Å². The third-order valence-electron chi connectivity index (χ3n) is 3.47. The van der Waals surface area contributed by atoms with Gasteiger partial charge < -0.3 is 15.5 Å². The number of aliphatic hydroxyl groups excluding tert-OH is 1. The van der Waals surface area contributed by atoms with Gasteiger partial charge in [-0.05, 0) is 45.1 Å². The summed E-state index contributed by atoms with van der Waals surface area (Å²) in [6.07, 6.45) is 2.55. The minimum absolute atomic E-state index is 0.188. The molecule has 0 aliphatic heterocycles. The van der Waals surface area contributed by atoms with Gasteiger partial charge in [0, 0.05) is 4.88 Å². The molecule has 0 saturated heterocycles. The average molecular weight is 312 g/mol. The van der Waals surface area contributed by atoms with Gasteiger partial charge in [-0.25, -0.2) is 4.79 Å². The summed E-state index contributed by atoms with van der Waals surface area (Å²) in [6.45, 7) is 3.24. The number of thiophene rings is 1. The number of hydrogen-bond acceptors (Lipinski definition) is 4. The second-order valence-corrected chi connectivity index (χ2v) is 6.95. The first-order valence-corrected chi connectivity index (χ1v) is 7.73. The van der Waals surface area contributed by atoms with Gasteiger partial charge in [0.15, 0.2) is 0 Å². The summed E-state index contributed by atoms with van der Waals surface area (Å²) in [5, 5.41) is 23.7. The predicted molar refractivity (Wildman–Crippen MR) is 81.2 cm³/mol. The molecule has 6 nitrogen and oxygen atoms in total. The molecule has 0 aromatic carbocycles. The van der Waals surface area contributed by atoms with Crippen molar-refractivity contribution in [1.29, 1.82) is 0 Å². The van der Waals surface area contributed by atoms with Gasteiger partial charge in [-0.1, -0.05) is 0 Å². The molecule has 1 aromatic heterocycles. The molecule has 4 N–H and O–H groups in total. The fourth-order valence-corrected chi connectivity index (χ4v) is 3.68. The van der Waals surface area contributed by atoms with Crippen LogP contribution in [-0.2, 0) is 12.8 Å². The Hall–Kier alpha value is -1.60. The van der Waals surface area contributed by atoms with Crippen molar-refractivity contribution in [2.24, 2.45) is 0 Å². The van der Waals surface area contributed by atoms with Crippen LogP contribution < -0.4 is 10.6 Å². The molecule has 0 bridgehead atoms. The zero-order chi connectivity index (χ0) is 15.6. The Kier molecular flexibility index (Phi) is 4.53. The van der Waals surface area contributed by atoms with Gasteiger partial charge in [0.05, 0.1) is 17.7 Å². The van der Waals surface area contributed by atoms with Crippen molar-refractivity contribution >= 4 is 28.3 Å². The Bertz CT molecular complexity index is 566. The van der Waals surface area contributed by atoms with Gasteiger partial charge in [-0.15, -0.1) is 11.3 Å². The zero-order valence-corrected chi connectivity index (χ0v) is 13.0. The monoisotopic (exact) mass is 312 g/mol. The van der Waals surface area contributed by atoms with E-state index in [-0.39, 0.29) is 12.5 Å². The minimum Gasteiger partial charge on any atom is -0.465 e. The summed E-state index contributed by atoms with van der Waals surface area (Å²) in [5.74, 6) is -0.336. The summed E-state index contributed by atoms with van der Waals surface area (Å²) in [5.41, 5.74) is 0.612. The first kappa shape index (κ1) is 15.8. The number of carboxylic acid groups (broad SMARTS) is 1. The fourth-order valence-electron chi connectivity index (χ4n) is 2.40. The van der Waals surface area contributed by atoms with Crippen LogP contribution in [0, 0.1) is 0 Å². The van der Waals surface area contributed by atoms with Gasteiger partial charge >= 0.3 is 6.09 Å². The van der Waals surface area contributed by atoms with Crippen LogP contribution in [0.15, 0.2) is 0 Å². The molecule has 1 heterocycles. The summed E-state index contributed by atoms with van der Waals surface area (Å²) in [6, 6.07) is 0. The molecule has 2 rings (SSSR count). The van der Waals surface area contributed by atoms with E-state index in [0.29, 0.717) is 10.6 Å². The highest BCUT2D eigenvalue weighted by Crippen LogP contribution is 2.38. The van der Waals surface area contributed by atoms with E-state index in [0.717, 1.165) is 36.1 Å². The molecule has 116 valence electrons. The quantitative estimate of drug-likeness (QED) is 0.685. The van der Waals surface area contributed by atoms with Crippen LogP contribution >= 0.6 is 11.3 Å². The molecule has 0 radical (unpaired) electrons. The summed E-state index contributed by atoms with van der Waals surface area (Å²) in [4.78, 5) is 24.5. The molecule has 0 spiro atoms. The molecule has 21 heavy (non-hydrogen) atoms. The molecule has 0 unspecified atom stereocenters. The van der Waals surface area contributed by atoms with Crippen molar-refractivity contribution in [1.82, 2.24) is 5.32 Å². The van der Waals surface area contributed by atoms with Crippen molar-refractivity contribution in [3.8, 4) is 0 Å². The third kappa shape index (κ3) is 3.54. The highest BCUT2D eigenvalue weighted by atomic mass is 32.1. The van der Waals surface area contributed by atoms with E-state index in [1.165, 1.54) is 11.3 Å². The standard InChI is InChI=1S/C14H20N2O4S/c1-14(2,7-17)16-11(18)10-8-5-3-4-6-9(8)21-12(10)15-13(19)20/h15,17H,3-7H2,1-2H3,(H,16,18)(H,19,20). The van der Waals surface area contributed by atoms with Crippen LogP contribution in [0.2, 0.25) is 0 Å². The third-order valence-corrected chi connectivity index (χ3v) is 4.67. The number of nitrogens with one attached hydrogen (secondary N) is 2. The molecule has 1 aliphatic carbocycles. The van der Waals surface area contributed by atoms with Crippen molar-refractivity contribution < 1.29 is 19.8 Å². The van der Waals surface area contributed by atoms with E-state index >= 15 is 0 Å². The largest absolute Gasteiger partial charge is 0.465 e. The smallest absolute Gasteiger partial charge is 0.409 e. The minimum atomic E-state index is -1.18. The fraction of sp³-hybridized carbons (Fsp3) is 0.571. The Morgan fingerprint density at radius 3 is 2.57 bits per heavy atom. The van der Waals surface area contributed by atoms with E-state index in [1.54, 1.807) is 13.8 Å². The highest BCUT2D eigenvalue weighted by Gasteiger charge is 2.29. The molecule has 1 aliphatic rings. The second kappa shape index (κ2) is 6.03. The van der Waals surface area contributed by atoms with Crippen molar-refractivity contribution in [3.63, 3.8) is 0 Å². The van der Waals surface area contributed by atoms with Gasteiger partial charge in [0.25, 0.3) is 5.91 Å². The summed E-state index contributed by atoms with van der Waals surface area (Å²) >= 11 is 1.34. The van der Waals surface area contributed by atoms with Gasteiger partial charge in [-0.3, -0.25) is 10.1 Å². The lowest BCUT2D eigenvalue weighted by atomic mass is 9.94. The van der Waals surface area contributed by atoms with E-state index in [4.69, 9.17) is 5.11 Å². The van der Waals surface area contributed by atoms with Crippen molar-refractivity contribution in [3.05, 3.63) is 16.0 Å². The average Bonchev–Trinajstić information content (AvgIpc) is 2.75. The zero-order valence-electron chi connectivity index (χ0n) is 12.2. The van der Waals surface area contributed by atoms with Crippen LogP contribution in [0.5, 0.6) is 0 Å². The Balaban J connectivity index is 2.37. The maximum atomic E-state index is 12.5.